The Hall–Kier alpha value is -1.97. The van der Waals surface area contributed by atoms with E-state index in [4.69, 9.17) is 27.9 Å². The van der Waals surface area contributed by atoms with Gasteiger partial charge < -0.3 is 4.74 Å². The van der Waals surface area contributed by atoms with Crippen LogP contribution >= 0.6 is 23.2 Å². The van der Waals surface area contributed by atoms with Gasteiger partial charge in [0, 0.05) is 17.1 Å². The number of benzene rings is 2. The Labute approximate surface area is 138 Å². The van der Waals surface area contributed by atoms with Gasteiger partial charge in [0.05, 0.1) is 5.52 Å². The molecule has 111 valence electrons. The maximum atomic E-state index is 12.4. The predicted molar refractivity (Wildman–Crippen MR) is 88.1 cm³/mol. The molecule has 3 aromatic rings. The summed E-state index contributed by atoms with van der Waals surface area (Å²) in [6.07, 6.45) is 0.932. The van der Waals surface area contributed by atoms with E-state index in [1.165, 1.54) is 4.57 Å². The minimum atomic E-state index is -1.76. The van der Waals surface area contributed by atoms with Crippen LogP contribution in [0.1, 0.15) is 11.1 Å². The highest BCUT2D eigenvalue weighted by molar-refractivity contribution is 6.47. The average Bonchev–Trinajstić information content (AvgIpc) is 2.86. The zero-order valence-corrected chi connectivity index (χ0v) is 13.0. The molecule has 0 spiro atoms. The first kappa shape index (κ1) is 14.9. The zero-order chi connectivity index (χ0) is 15.7. The molecule has 0 unspecified atom stereocenters. The number of halogens is 2. The number of fused-ring (bicyclic) bond motifs is 1. The van der Waals surface area contributed by atoms with Gasteiger partial charge in [0.1, 0.15) is 0 Å². The van der Waals surface area contributed by atoms with Gasteiger partial charge in [0.25, 0.3) is 4.52 Å². The van der Waals surface area contributed by atoms with E-state index in [9.17, 15) is 4.79 Å². The molecule has 0 aliphatic carbocycles. The van der Waals surface area contributed by atoms with E-state index in [-0.39, 0.29) is 0 Å². The van der Waals surface area contributed by atoms with Gasteiger partial charge in [-0.3, -0.25) is 4.57 Å². The smallest absolute Gasteiger partial charge is 0.407 e. The van der Waals surface area contributed by atoms with Crippen molar-refractivity contribution >= 4 is 40.2 Å². The van der Waals surface area contributed by atoms with Crippen molar-refractivity contribution < 1.29 is 9.53 Å². The van der Waals surface area contributed by atoms with E-state index in [2.05, 4.69) is 6.92 Å². The van der Waals surface area contributed by atoms with E-state index in [1.54, 1.807) is 36.5 Å². The number of para-hydroxylation sites is 1. The van der Waals surface area contributed by atoms with Crippen molar-refractivity contribution in [2.75, 3.05) is 0 Å². The molecule has 0 saturated carbocycles. The lowest BCUT2D eigenvalue weighted by atomic mass is 10.2. The average molecular weight is 333 g/mol. The molecule has 0 saturated heterocycles. The Kier molecular flexibility index (Phi) is 3.85. The third-order valence-electron chi connectivity index (χ3n) is 3.32. The van der Waals surface area contributed by atoms with E-state index in [0.29, 0.717) is 11.1 Å². The summed E-state index contributed by atoms with van der Waals surface area (Å²) >= 11 is 12.3. The molecule has 0 atom stereocenters. The topological polar surface area (TPSA) is 31.2 Å². The number of hydrogen-bond donors (Lipinski definition) is 0. The third-order valence-corrected chi connectivity index (χ3v) is 3.91. The molecule has 0 fully saturated rings. The Morgan fingerprint density at radius 1 is 1.05 bits per heavy atom. The highest BCUT2D eigenvalue weighted by atomic mass is 35.5. The van der Waals surface area contributed by atoms with Crippen LogP contribution in [0.2, 0.25) is 0 Å². The molecule has 22 heavy (non-hydrogen) atoms. The van der Waals surface area contributed by atoms with Crippen LogP contribution < -0.4 is 0 Å². The Bertz CT molecular complexity index is 825. The molecule has 1 heterocycles. The minimum Gasteiger partial charge on any atom is -0.407 e. The first-order chi connectivity index (χ1) is 10.5. The summed E-state index contributed by atoms with van der Waals surface area (Å²) < 4.78 is 4.85. The maximum absolute atomic E-state index is 12.4. The van der Waals surface area contributed by atoms with Crippen LogP contribution in [0, 0.1) is 6.92 Å². The molecule has 0 bridgehead atoms. The second kappa shape index (κ2) is 5.67. The summed E-state index contributed by atoms with van der Waals surface area (Å²) in [5.74, 6) is 0. The number of hydrogen-bond acceptors (Lipinski definition) is 2. The van der Waals surface area contributed by atoms with Gasteiger partial charge >= 0.3 is 6.09 Å². The molecule has 3 rings (SSSR count). The lowest BCUT2D eigenvalue weighted by molar-refractivity contribution is 0.117. The number of ether oxygens (including phenoxy) is 1. The van der Waals surface area contributed by atoms with Crippen LogP contribution in [-0.4, -0.2) is 10.7 Å². The highest BCUT2D eigenvalue weighted by Crippen LogP contribution is 2.36. The second-order valence-corrected chi connectivity index (χ2v) is 6.05. The van der Waals surface area contributed by atoms with E-state index >= 15 is 0 Å². The summed E-state index contributed by atoms with van der Waals surface area (Å²) in [5.41, 5.74) is 1.90. The van der Waals surface area contributed by atoms with Crippen LogP contribution in [0.25, 0.3) is 10.9 Å². The fourth-order valence-corrected chi connectivity index (χ4v) is 2.64. The Balaban J connectivity index is 1.94. The molecule has 0 aliphatic rings. The van der Waals surface area contributed by atoms with Crippen LogP contribution in [0.5, 0.6) is 0 Å². The molecular formula is C17H12Cl2NO2. The van der Waals surface area contributed by atoms with Crippen molar-refractivity contribution in [3.8, 4) is 0 Å². The summed E-state index contributed by atoms with van der Waals surface area (Å²) in [6.45, 7) is 3.91. The molecule has 0 aliphatic heterocycles. The highest BCUT2D eigenvalue weighted by Gasteiger charge is 2.32. The van der Waals surface area contributed by atoms with Crippen LogP contribution in [0.15, 0.2) is 60.8 Å². The number of aromatic nitrogens is 1. The molecule has 5 heteroatoms. The minimum absolute atomic E-state index is 0.484. The molecule has 0 N–H and O–H groups in total. The molecule has 0 amide bonds. The summed E-state index contributed by atoms with van der Waals surface area (Å²) in [6, 6.07) is 16.1. The van der Waals surface area contributed by atoms with Crippen molar-refractivity contribution in [1.29, 1.82) is 0 Å². The van der Waals surface area contributed by atoms with Crippen molar-refractivity contribution in [2.45, 2.75) is 4.52 Å². The molecule has 1 aromatic heterocycles. The van der Waals surface area contributed by atoms with Crippen LogP contribution in [-0.2, 0) is 9.26 Å². The van der Waals surface area contributed by atoms with Crippen molar-refractivity contribution in [3.05, 3.63) is 78.8 Å². The fourth-order valence-electron chi connectivity index (χ4n) is 2.25. The SMILES string of the molecule is [CH2]c1cn(C(=O)OC(Cl)(Cl)c2ccccc2)c2ccccc12. The van der Waals surface area contributed by atoms with E-state index in [0.717, 1.165) is 10.9 Å². The fraction of sp³-hybridized carbons (Fsp3) is 0.0588. The van der Waals surface area contributed by atoms with Gasteiger partial charge in [-0.15, -0.1) is 0 Å². The zero-order valence-electron chi connectivity index (χ0n) is 11.5. The normalized spacial score (nSPS) is 11.6. The molecule has 1 radical (unpaired) electrons. The van der Waals surface area contributed by atoms with Crippen molar-refractivity contribution in [2.24, 2.45) is 0 Å². The monoisotopic (exact) mass is 332 g/mol. The van der Waals surface area contributed by atoms with Crippen LogP contribution in [0.4, 0.5) is 4.79 Å². The first-order valence-electron chi connectivity index (χ1n) is 6.58. The second-order valence-electron chi connectivity index (χ2n) is 4.79. The first-order valence-corrected chi connectivity index (χ1v) is 7.33. The van der Waals surface area contributed by atoms with Gasteiger partial charge in [-0.2, -0.15) is 0 Å². The molecule has 3 nitrogen and oxygen atoms in total. The number of carbonyl (C=O) groups is 1. The largest absolute Gasteiger partial charge is 0.421 e. The molecular weight excluding hydrogens is 321 g/mol. The Morgan fingerprint density at radius 2 is 1.68 bits per heavy atom. The summed E-state index contributed by atoms with van der Waals surface area (Å²) in [4.78, 5) is 12.4. The molecule has 2 aromatic carbocycles. The van der Waals surface area contributed by atoms with Gasteiger partial charge in [0.2, 0.25) is 0 Å². The van der Waals surface area contributed by atoms with Crippen LogP contribution in [0.3, 0.4) is 0 Å². The summed E-state index contributed by atoms with van der Waals surface area (Å²) in [7, 11) is 0. The van der Waals surface area contributed by atoms with Crippen molar-refractivity contribution in [3.63, 3.8) is 0 Å². The Morgan fingerprint density at radius 3 is 2.41 bits per heavy atom. The van der Waals surface area contributed by atoms with Gasteiger partial charge in [0.15, 0.2) is 0 Å². The lowest BCUT2D eigenvalue weighted by Crippen LogP contribution is -2.23. The third kappa shape index (κ3) is 2.70. The van der Waals surface area contributed by atoms with E-state index < -0.39 is 10.6 Å². The lowest BCUT2D eigenvalue weighted by Gasteiger charge is -2.20. The standard InChI is InChI=1S/C17H12Cl2NO2/c1-12-11-20(15-10-6-5-9-14(12)15)16(21)22-17(18,19)13-7-3-2-4-8-13/h2-11H,1H2. The number of alkyl halides is 2. The van der Waals surface area contributed by atoms with Gasteiger partial charge in [-0.1, -0.05) is 71.7 Å². The number of rotatable bonds is 2. The van der Waals surface area contributed by atoms with E-state index in [1.807, 2.05) is 24.3 Å². The van der Waals surface area contributed by atoms with Gasteiger partial charge in [-0.25, -0.2) is 4.79 Å². The van der Waals surface area contributed by atoms with Gasteiger partial charge in [-0.05, 0) is 18.6 Å². The summed E-state index contributed by atoms with van der Waals surface area (Å²) in [5, 5.41) is 0.869. The maximum Gasteiger partial charge on any atom is 0.421 e. The number of nitrogens with zero attached hydrogens (tertiary/aromatic N) is 1. The van der Waals surface area contributed by atoms with Crippen molar-refractivity contribution in [1.82, 2.24) is 4.57 Å². The predicted octanol–water partition coefficient (Wildman–Crippen LogP) is 5.10. The quantitative estimate of drug-likeness (QED) is 0.611. The number of carbonyl (C=O) groups excluding carboxylic acids is 1.